The van der Waals surface area contributed by atoms with Crippen molar-refractivity contribution in [1.82, 2.24) is 4.90 Å². The number of carbonyl (C=O) groups excluding carboxylic acids is 2. The van der Waals surface area contributed by atoms with E-state index < -0.39 is 5.41 Å². The van der Waals surface area contributed by atoms with Crippen molar-refractivity contribution in [3.8, 4) is 5.75 Å². The molecule has 1 saturated heterocycles. The number of benzene rings is 2. The van der Waals surface area contributed by atoms with E-state index in [4.69, 9.17) is 16.3 Å². The number of carbonyl (C=O) groups is 2. The fourth-order valence-corrected chi connectivity index (χ4v) is 4.95. The number of aryl methyl sites for hydroxylation is 1. The first-order valence-corrected chi connectivity index (χ1v) is 10.8. The maximum absolute atomic E-state index is 12.7. The predicted molar refractivity (Wildman–Crippen MR) is 116 cm³/mol. The molecular formula is C23H24ClN3O3. The zero-order valence-corrected chi connectivity index (χ0v) is 17.4. The van der Waals surface area contributed by atoms with Gasteiger partial charge in [0.2, 0.25) is 11.8 Å². The zero-order valence-electron chi connectivity index (χ0n) is 16.7. The van der Waals surface area contributed by atoms with Gasteiger partial charge in [-0.1, -0.05) is 11.6 Å². The molecule has 0 unspecified atom stereocenters. The minimum Gasteiger partial charge on any atom is -0.492 e. The van der Waals surface area contributed by atoms with Gasteiger partial charge in [-0.3, -0.25) is 14.5 Å². The number of nitrogens with one attached hydrogen (secondary N) is 2. The van der Waals surface area contributed by atoms with Crippen molar-refractivity contribution >= 4 is 34.8 Å². The smallest absolute Gasteiger partial charge is 0.235 e. The van der Waals surface area contributed by atoms with Crippen molar-refractivity contribution in [2.24, 2.45) is 0 Å². The first kappa shape index (κ1) is 19.4. The number of likely N-dealkylation sites (tertiary alicyclic amines) is 1. The fourth-order valence-electron chi connectivity index (χ4n) is 4.78. The molecular weight excluding hydrogens is 402 g/mol. The van der Waals surface area contributed by atoms with Gasteiger partial charge in [0.15, 0.2) is 0 Å². The summed E-state index contributed by atoms with van der Waals surface area (Å²) >= 11 is 6.19. The molecule has 2 amide bonds. The maximum Gasteiger partial charge on any atom is 0.235 e. The summed E-state index contributed by atoms with van der Waals surface area (Å²) in [5.74, 6) is 0.994. The number of anilines is 2. The summed E-state index contributed by atoms with van der Waals surface area (Å²) in [6, 6.07) is 11.5. The number of hydrogen-bond acceptors (Lipinski definition) is 4. The molecule has 1 spiro atoms. The van der Waals surface area contributed by atoms with Crippen molar-refractivity contribution in [2.75, 3.05) is 36.9 Å². The summed E-state index contributed by atoms with van der Waals surface area (Å²) in [7, 11) is 0. The molecule has 0 bridgehead atoms. The Labute approximate surface area is 180 Å². The third-order valence-electron chi connectivity index (χ3n) is 6.54. The van der Waals surface area contributed by atoms with Crippen LogP contribution in [0.4, 0.5) is 11.4 Å². The first-order valence-electron chi connectivity index (χ1n) is 10.4. The summed E-state index contributed by atoms with van der Waals surface area (Å²) in [4.78, 5) is 26.6. The Morgan fingerprint density at radius 3 is 2.63 bits per heavy atom. The zero-order chi connectivity index (χ0) is 20.7. The third-order valence-corrected chi connectivity index (χ3v) is 6.77. The Morgan fingerprint density at radius 1 is 1.00 bits per heavy atom. The van der Waals surface area contributed by atoms with Crippen LogP contribution in [0, 0.1) is 0 Å². The predicted octanol–water partition coefficient (Wildman–Crippen LogP) is 3.59. The summed E-state index contributed by atoms with van der Waals surface area (Å²) in [5.41, 5.74) is 3.48. The standard InChI is InChI=1S/C23H24ClN3O3/c24-16-2-4-20-18(14-16)23(22(29)26-20)7-9-27(10-8-23)11-12-30-17-3-5-19-15(13-17)1-6-21(28)25-19/h2-5,13-14H,1,6-12H2,(H,25,28)(H,26,29). The van der Waals surface area contributed by atoms with Gasteiger partial charge in [-0.15, -0.1) is 0 Å². The van der Waals surface area contributed by atoms with Crippen LogP contribution in [0.3, 0.4) is 0 Å². The molecule has 0 aliphatic carbocycles. The number of nitrogens with zero attached hydrogens (tertiary/aromatic N) is 1. The number of fused-ring (bicyclic) bond motifs is 3. The van der Waals surface area contributed by atoms with Gasteiger partial charge in [-0.2, -0.15) is 0 Å². The normalized spacial score (nSPS) is 19.8. The van der Waals surface area contributed by atoms with E-state index in [-0.39, 0.29) is 11.8 Å². The van der Waals surface area contributed by atoms with Gasteiger partial charge < -0.3 is 15.4 Å². The lowest BCUT2D eigenvalue weighted by molar-refractivity contribution is -0.122. The summed E-state index contributed by atoms with van der Waals surface area (Å²) in [6.07, 6.45) is 2.84. The molecule has 0 atom stereocenters. The number of amides is 2. The molecule has 156 valence electrons. The highest BCUT2D eigenvalue weighted by atomic mass is 35.5. The molecule has 5 rings (SSSR count). The van der Waals surface area contributed by atoms with Gasteiger partial charge in [0, 0.05) is 29.4 Å². The van der Waals surface area contributed by atoms with Crippen LogP contribution in [0.5, 0.6) is 5.75 Å². The fraction of sp³-hybridized carbons (Fsp3) is 0.391. The lowest BCUT2D eigenvalue weighted by Gasteiger charge is -2.38. The Balaban J connectivity index is 1.17. The highest BCUT2D eigenvalue weighted by Gasteiger charge is 2.48. The van der Waals surface area contributed by atoms with E-state index in [1.165, 1.54) is 0 Å². The van der Waals surface area contributed by atoms with Gasteiger partial charge in [0.25, 0.3) is 0 Å². The first-order chi connectivity index (χ1) is 14.5. The van der Waals surface area contributed by atoms with Crippen molar-refractivity contribution in [2.45, 2.75) is 31.1 Å². The number of halogens is 1. The van der Waals surface area contributed by atoms with Crippen LogP contribution in [0.2, 0.25) is 5.02 Å². The summed E-state index contributed by atoms with van der Waals surface area (Å²) in [5, 5.41) is 6.59. The lowest BCUT2D eigenvalue weighted by Crippen LogP contribution is -2.47. The Kier molecular flexibility index (Phi) is 4.91. The molecule has 30 heavy (non-hydrogen) atoms. The van der Waals surface area contributed by atoms with Crippen LogP contribution in [-0.4, -0.2) is 43.0 Å². The molecule has 3 heterocycles. The maximum atomic E-state index is 12.7. The molecule has 0 aromatic heterocycles. The van der Waals surface area contributed by atoms with Gasteiger partial charge in [-0.05, 0) is 79.9 Å². The van der Waals surface area contributed by atoms with E-state index in [2.05, 4.69) is 15.5 Å². The van der Waals surface area contributed by atoms with Crippen LogP contribution in [-0.2, 0) is 21.4 Å². The van der Waals surface area contributed by atoms with E-state index in [9.17, 15) is 9.59 Å². The highest BCUT2D eigenvalue weighted by molar-refractivity contribution is 6.31. The number of rotatable bonds is 4. The summed E-state index contributed by atoms with van der Waals surface area (Å²) < 4.78 is 5.96. The average molecular weight is 426 g/mol. The van der Waals surface area contributed by atoms with Crippen LogP contribution in [0.25, 0.3) is 0 Å². The Hall–Kier alpha value is -2.57. The minimum absolute atomic E-state index is 0.0693. The second-order valence-corrected chi connectivity index (χ2v) is 8.72. The molecule has 3 aliphatic rings. The largest absolute Gasteiger partial charge is 0.492 e. The topological polar surface area (TPSA) is 70.7 Å². The van der Waals surface area contributed by atoms with Crippen molar-refractivity contribution in [1.29, 1.82) is 0 Å². The van der Waals surface area contributed by atoms with Crippen molar-refractivity contribution < 1.29 is 14.3 Å². The molecule has 3 aliphatic heterocycles. The molecule has 2 N–H and O–H groups in total. The Bertz CT molecular complexity index is 1010. The van der Waals surface area contributed by atoms with Crippen LogP contribution in [0.15, 0.2) is 36.4 Å². The van der Waals surface area contributed by atoms with E-state index in [1.54, 1.807) is 0 Å². The molecule has 0 saturated carbocycles. The van der Waals surface area contributed by atoms with Gasteiger partial charge in [-0.25, -0.2) is 0 Å². The number of piperidine rings is 1. The molecule has 7 heteroatoms. The van der Waals surface area contributed by atoms with Crippen LogP contribution >= 0.6 is 11.6 Å². The summed E-state index contributed by atoms with van der Waals surface area (Å²) in [6.45, 7) is 3.10. The molecule has 0 radical (unpaired) electrons. The number of ether oxygens (including phenoxy) is 1. The third kappa shape index (κ3) is 3.44. The SMILES string of the molecule is O=C1CCc2cc(OCCN3CCC4(CC3)C(=O)Nc3ccc(Cl)cc34)ccc2N1. The Morgan fingerprint density at radius 2 is 1.80 bits per heavy atom. The van der Waals surface area contributed by atoms with E-state index in [0.717, 1.165) is 67.1 Å². The van der Waals surface area contributed by atoms with E-state index in [0.29, 0.717) is 18.1 Å². The minimum atomic E-state index is -0.458. The average Bonchev–Trinajstić information content (AvgIpc) is 3.00. The second kappa shape index (κ2) is 7.60. The lowest BCUT2D eigenvalue weighted by atomic mass is 9.73. The second-order valence-electron chi connectivity index (χ2n) is 8.28. The van der Waals surface area contributed by atoms with Crippen LogP contribution in [0.1, 0.15) is 30.4 Å². The van der Waals surface area contributed by atoms with Crippen molar-refractivity contribution in [3.63, 3.8) is 0 Å². The highest BCUT2D eigenvalue weighted by Crippen LogP contribution is 2.45. The monoisotopic (exact) mass is 425 g/mol. The van der Waals surface area contributed by atoms with Crippen molar-refractivity contribution in [3.05, 3.63) is 52.5 Å². The van der Waals surface area contributed by atoms with E-state index >= 15 is 0 Å². The van der Waals surface area contributed by atoms with Crippen LogP contribution < -0.4 is 15.4 Å². The molecule has 1 fully saturated rings. The van der Waals surface area contributed by atoms with Gasteiger partial charge in [0.1, 0.15) is 12.4 Å². The number of hydrogen-bond donors (Lipinski definition) is 2. The van der Waals surface area contributed by atoms with Gasteiger partial charge in [0.05, 0.1) is 5.41 Å². The van der Waals surface area contributed by atoms with E-state index in [1.807, 2.05) is 36.4 Å². The molecule has 6 nitrogen and oxygen atoms in total. The molecule has 2 aromatic carbocycles. The molecule has 2 aromatic rings. The quantitative estimate of drug-likeness (QED) is 0.785. The van der Waals surface area contributed by atoms with Gasteiger partial charge >= 0.3 is 0 Å².